The van der Waals surface area contributed by atoms with Crippen LogP contribution in [0.3, 0.4) is 0 Å². The lowest BCUT2D eigenvalue weighted by Crippen LogP contribution is -2.04. The highest BCUT2D eigenvalue weighted by molar-refractivity contribution is 6.31. The molecule has 2 heterocycles. The lowest BCUT2D eigenvalue weighted by Gasteiger charge is -2.08. The molecule has 0 atom stereocenters. The van der Waals surface area contributed by atoms with Crippen LogP contribution in [0.25, 0.3) is 5.65 Å². The molecule has 5 N–H and O–H groups in total. The van der Waals surface area contributed by atoms with Gasteiger partial charge in [-0.1, -0.05) is 11.6 Å². The number of nitrogens with one attached hydrogen (secondary N) is 1. The van der Waals surface area contributed by atoms with Crippen molar-refractivity contribution in [3.63, 3.8) is 0 Å². The van der Waals surface area contributed by atoms with Crippen LogP contribution in [0.2, 0.25) is 5.02 Å². The number of fused-ring (bicyclic) bond motifs is 1. The average molecular weight is 300 g/mol. The maximum Gasteiger partial charge on any atom is 0.179 e. The topological polar surface area (TPSA) is 118 Å². The van der Waals surface area contributed by atoms with Gasteiger partial charge in [0.1, 0.15) is 5.82 Å². The van der Waals surface area contributed by atoms with Crippen LogP contribution < -0.4 is 16.8 Å². The largest absolute Gasteiger partial charge is 0.396 e. The van der Waals surface area contributed by atoms with E-state index in [1.807, 2.05) is 6.07 Å². The highest BCUT2D eigenvalue weighted by atomic mass is 35.5. The number of benzene rings is 1. The molecule has 3 aromatic rings. The number of imidazole rings is 1. The number of nitrogen functional groups attached to an aromatic ring is 2. The van der Waals surface area contributed by atoms with E-state index in [4.69, 9.17) is 28.3 Å². The van der Waals surface area contributed by atoms with Gasteiger partial charge in [0, 0.05) is 16.8 Å². The maximum atomic E-state index is 8.95. The summed E-state index contributed by atoms with van der Waals surface area (Å²) in [5.74, 6) is 0.847. The summed E-state index contributed by atoms with van der Waals surface area (Å²) in [7, 11) is 0. The van der Waals surface area contributed by atoms with E-state index in [9.17, 15) is 0 Å². The summed E-state index contributed by atoms with van der Waals surface area (Å²) in [4.78, 5) is 4.07. The smallest absolute Gasteiger partial charge is 0.179 e. The van der Waals surface area contributed by atoms with Crippen LogP contribution in [-0.4, -0.2) is 14.6 Å². The molecule has 0 bridgehead atoms. The third-order valence-corrected chi connectivity index (χ3v) is 3.04. The van der Waals surface area contributed by atoms with Crippen molar-refractivity contribution in [2.24, 2.45) is 0 Å². The molecular formula is C13H10ClN7. The molecule has 0 aliphatic rings. The standard InChI is InChI=1S/C13H10ClN7/c14-8-1-7(5-15)2-9(3-8)19-12-4-10(16)13-18-6-11(17)21(13)20-12/h1-4,6H,16-17H2,(H,19,20). The molecule has 0 radical (unpaired) electrons. The van der Waals surface area contributed by atoms with Gasteiger partial charge in [-0.05, 0) is 18.2 Å². The number of nitrogens with two attached hydrogens (primary N) is 2. The number of rotatable bonds is 2. The van der Waals surface area contributed by atoms with Crippen LogP contribution in [0, 0.1) is 11.3 Å². The monoisotopic (exact) mass is 299 g/mol. The van der Waals surface area contributed by atoms with Crippen molar-refractivity contribution in [2.75, 3.05) is 16.8 Å². The predicted octanol–water partition coefficient (Wildman–Crippen LogP) is 2.16. The van der Waals surface area contributed by atoms with E-state index in [0.717, 1.165) is 0 Å². The molecular weight excluding hydrogens is 290 g/mol. The molecule has 2 aromatic heterocycles. The van der Waals surface area contributed by atoms with Crippen molar-refractivity contribution in [2.45, 2.75) is 0 Å². The zero-order chi connectivity index (χ0) is 15.0. The minimum Gasteiger partial charge on any atom is -0.396 e. The Balaban J connectivity index is 2.04. The van der Waals surface area contributed by atoms with Crippen molar-refractivity contribution in [1.82, 2.24) is 14.6 Å². The minimum atomic E-state index is 0.379. The Morgan fingerprint density at radius 2 is 2.05 bits per heavy atom. The second kappa shape index (κ2) is 4.85. The first-order valence-corrected chi connectivity index (χ1v) is 6.32. The van der Waals surface area contributed by atoms with Crippen molar-refractivity contribution < 1.29 is 0 Å². The summed E-state index contributed by atoms with van der Waals surface area (Å²) < 4.78 is 1.44. The Morgan fingerprint density at radius 1 is 1.24 bits per heavy atom. The van der Waals surface area contributed by atoms with Crippen LogP contribution in [0.1, 0.15) is 5.56 Å². The fourth-order valence-corrected chi connectivity index (χ4v) is 2.18. The molecule has 0 aliphatic heterocycles. The highest BCUT2D eigenvalue weighted by Crippen LogP contribution is 2.24. The van der Waals surface area contributed by atoms with Crippen molar-refractivity contribution in [1.29, 1.82) is 5.26 Å². The molecule has 1 aromatic carbocycles. The summed E-state index contributed by atoms with van der Waals surface area (Å²) in [5.41, 5.74) is 13.7. The van der Waals surface area contributed by atoms with E-state index in [2.05, 4.69) is 15.4 Å². The van der Waals surface area contributed by atoms with E-state index in [1.165, 1.54) is 10.7 Å². The number of hydrogen-bond acceptors (Lipinski definition) is 6. The fraction of sp³-hybridized carbons (Fsp3) is 0. The summed E-state index contributed by atoms with van der Waals surface area (Å²) in [6.07, 6.45) is 1.48. The summed E-state index contributed by atoms with van der Waals surface area (Å²) in [6.45, 7) is 0. The Labute approximate surface area is 124 Å². The van der Waals surface area contributed by atoms with Gasteiger partial charge in [0.2, 0.25) is 0 Å². The quantitative estimate of drug-likeness (QED) is 0.667. The Hall–Kier alpha value is -2.98. The number of anilines is 4. The van der Waals surface area contributed by atoms with Gasteiger partial charge in [-0.3, -0.25) is 0 Å². The zero-order valence-corrected chi connectivity index (χ0v) is 11.5. The molecule has 8 heteroatoms. The van der Waals surface area contributed by atoms with Gasteiger partial charge in [0.25, 0.3) is 0 Å². The van der Waals surface area contributed by atoms with Gasteiger partial charge in [0.05, 0.1) is 23.5 Å². The lowest BCUT2D eigenvalue weighted by molar-refractivity contribution is 0.954. The third-order valence-electron chi connectivity index (χ3n) is 2.82. The van der Waals surface area contributed by atoms with Crippen LogP contribution in [-0.2, 0) is 0 Å². The van der Waals surface area contributed by atoms with Gasteiger partial charge in [-0.25, -0.2) is 4.98 Å². The van der Waals surface area contributed by atoms with Crippen molar-refractivity contribution in [3.8, 4) is 6.07 Å². The summed E-state index contributed by atoms with van der Waals surface area (Å²) in [5, 5.41) is 16.7. The molecule has 0 spiro atoms. The van der Waals surface area contributed by atoms with Crippen LogP contribution >= 0.6 is 11.6 Å². The molecule has 0 fully saturated rings. The van der Waals surface area contributed by atoms with Gasteiger partial charge in [-0.2, -0.15) is 9.78 Å². The Kier molecular flexibility index (Phi) is 3.01. The van der Waals surface area contributed by atoms with Gasteiger partial charge in [-0.15, -0.1) is 5.10 Å². The number of halogens is 1. The van der Waals surface area contributed by atoms with E-state index in [1.54, 1.807) is 24.3 Å². The second-order valence-corrected chi connectivity index (χ2v) is 4.81. The molecule has 0 saturated heterocycles. The minimum absolute atomic E-state index is 0.379. The first kappa shape index (κ1) is 13.0. The Bertz CT molecular complexity index is 878. The molecule has 104 valence electrons. The Morgan fingerprint density at radius 3 is 2.81 bits per heavy atom. The molecule has 21 heavy (non-hydrogen) atoms. The maximum absolute atomic E-state index is 8.95. The number of nitriles is 1. The SMILES string of the molecule is N#Cc1cc(Cl)cc(Nc2cc(N)c3ncc(N)n3n2)c1. The van der Waals surface area contributed by atoms with E-state index < -0.39 is 0 Å². The molecule has 3 rings (SSSR count). The first-order chi connectivity index (χ1) is 10.1. The van der Waals surface area contributed by atoms with E-state index in [0.29, 0.717) is 39.2 Å². The van der Waals surface area contributed by atoms with E-state index >= 15 is 0 Å². The van der Waals surface area contributed by atoms with Gasteiger partial charge < -0.3 is 16.8 Å². The van der Waals surface area contributed by atoms with Crippen LogP contribution in [0.15, 0.2) is 30.5 Å². The lowest BCUT2D eigenvalue weighted by atomic mass is 10.2. The van der Waals surface area contributed by atoms with Crippen LogP contribution in [0.4, 0.5) is 23.0 Å². The van der Waals surface area contributed by atoms with E-state index in [-0.39, 0.29) is 0 Å². The van der Waals surface area contributed by atoms with Crippen LogP contribution in [0.5, 0.6) is 0 Å². The third kappa shape index (κ3) is 2.40. The number of aromatic nitrogens is 3. The van der Waals surface area contributed by atoms with Gasteiger partial charge >= 0.3 is 0 Å². The number of nitrogens with zero attached hydrogens (tertiary/aromatic N) is 4. The normalized spacial score (nSPS) is 10.5. The fourth-order valence-electron chi connectivity index (χ4n) is 1.94. The van der Waals surface area contributed by atoms with Crippen molar-refractivity contribution in [3.05, 3.63) is 41.0 Å². The average Bonchev–Trinajstić information content (AvgIpc) is 2.80. The molecule has 7 nitrogen and oxygen atoms in total. The highest BCUT2D eigenvalue weighted by Gasteiger charge is 2.08. The van der Waals surface area contributed by atoms with Crippen molar-refractivity contribution >= 4 is 40.3 Å². The zero-order valence-electron chi connectivity index (χ0n) is 10.7. The first-order valence-electron chi connectivity index (χ1n) is 5.94. The molecule has 0 unspecified atom stereocenters. The van der Waals surface area contributed by atoms with Gasteiger partial charge in [0.15, 0.2) is 11.5 Å². The predicted molar refractivity (Wildman–Crippen MR) is 81.3 cm³/mol. The number of hydrogen-bond donors (Lipinski definition) is 3. The second-order valence-electron chi connectivity index (χ2n) is 4.37. The summed E-state index contributed by atoms with van der Waals surface area (Å²) >= 11 is 5.96. The molecule has 0 saturated carbocycles. The molecule has 0 aliphatic carbocycles. The summed E-state index contributed by atoms with van der Waals surface area (Å²) in [6, 6.07) is 8.58. The molecule has 0 amide bonds.